The molecule has 2 saturated heterocycles. The van der Waals surface area contributed by atoms with E-state index in [4.69, 9.17) is 10.5 Å². The number of Topliss-reactive ketones (excluding diaryl/α,β-unsaturated/α-hetero) is 2. The van der Waals surface area contributed by atoms with Gasteiger partial charge in [0.05, 0.1) is 25.3 Å². The molecule has 232 valence electrons. The number of morpholine rings is 1. The first kappa shape index (κ1) is 33.1. The fourth-order valence-corrected chi connectivity index (χ4v) is 5.02. The Bertz CT molecular complexity index is 1180. The summed E-state index contributed by atoms with van der Waals surface area (Å²) >= 11 is 0. The highest BCUT2D eigenvalue weighted by Crippen LogP contribution is 2.35. The number of ether oxygens (including phenoxy) is 1. The molecular weight excluding hydrogens is 559 g/mol. The lowest BCUT2D eigenvalue weighted by atomic mass is 9.83. The molecule has 2 heterocycles. The van der Waals surface area contributed by atoms with E-state index in [2.05, 4.69) is 10.7 Å². The van der Waals surface area contributed by atoms with Crippen LogP contribution in [0.5, 0.6) is 0 Å². The van der Waals surface area contributed by atoms with E-state index in [0.717, 1.165) is 4.90 Å². The van der Waals surface area contributed by atoms with Gasteiger partial charge in [-0.3, -0.25) is 29.4 Å². The van der Waals surface area contributed by atoms with Crippen LogP contribution < -0.4 is 16.5 Å². The van der Waals surface area contributed by atoms with Crippen LogP contribution in [0.3, 0.4) is 0 Å². The summed E-state index contributed by atoms with van der Waals surface area (Å²) in [6.07, 6.45) is -5.24. The minimum atomic E-state index is -5.23. The molecule has 14 heteroatoms. The first-order valence-corrected chi connectivity index (χ1v) is 13.9. The van der Waals surface area contributed by atoms with Crippen molar-refractivity contribution in [1.29, 1.82) is 0 Å². The second-order valence-corrected chi connectivity index (χ2v) is 11.2. The van der Waals surface area contributed by atoms with Gasteiger partial charge in [-0.25, -0.2) is 5.01 Å². The highest BCUT2D eigenvalue weighted by atomic mass is 19.4. The number of benzene rings is 1. The van der Waals surface area contributed by atoms with Crippen LogP contribution in [-0.2, 0) is 19.1 Å². The lowest BCUT2D eigenvalue weighted by Crippen LogP contribution is -2.67. The van der Waals surface area contributed by atoms with Crippen molar-refractivity contribution in [2.24, 2.45) is 17.6 Å². The monoisotopic (exact) mass is 597 g/mol. The second-order valence-electron chi connectivity index (χ2n) is 11.2. The van der Waals surface area contributed by atoms with E-state index in [0.29, 0.717) is 26.3 Å². The summed E-state index contributed by atoms with van der Waals surface area (Å²) in [5.74, 6) is -6.70. The van der Waals surface area contributed by atoms with Crippen LogP contribution in [0, 0.1) is 11.8 Å². The second kappa shape index (κ2) is 13.3. The van der Waals surface area contributed by atoms with Crippen molar-refractivity contribution in [3.05, 3.63) is 35.4 Å². The lowest BCUT2D eigenvalue weighted by molar-refractivity contribution is -0.175. The van der Waals surface area contributed by atoms with E-state index < -0.39 is 59.0 Å². The molecule has 1 aromatic carbocycles. The number of hydrogen-bond donors (Lipinski definition) is 3. The minimum absolute atomic E-state index is 0.0436. The van der Waals surface area contributed by atoms with Crippen LogP contribution >= 0.6 is 0 Å². The fourth-order valence-electron chi connectivity index (χ4n) is 5.02. The molecule has 3 rings (SSSR count). The molecule has 2 aliphatic rings. The molecule has 0 radical (unpaired) electrons. The van der Waals surface area contributed by atoms with Gasteiger partial charge in [0.2, 0.25) is 5.91 Å². The summed E-state index contributed by atoms with van der Waals surface area (Å²) in [7, 11) is 0. The number of halogens is 3. The molecule has 1 unspecified atom stereocenters. The molecule has 42 heavy (non-hydrogen) atoms. The van der Waals surface area contributed by atoms with E-state index in [1.807, 2.05) is 0 Å². The number of nitrogens with two attached hydrogens (primary N) is 1. The van der Waals surface area contributed by atoms with Crippen molar-refractivity contribution in [3.63, 3.8) is 0 Å². The zero-order valence-corrected chi connectivity index (χ0v) is 24.1. The summed E-state index contributed by atoms with van der Waals surface area (Å²) in [5.41, 5.74) is 6.75. The van der Waals surface area contributed by atoms with Gasteiger partial charge < -0.3 is 20.7 Å². The highest BCUT2D eigenvalue weighted by molar-refractivity contribution is 6.20. The number of hydrazine groups is 1. The topological polar surface area (TPSA) is 151 Å². The van der Waals surface area contributed by atoms with E-state index in [1.54, 1.807) is 18.9 Å². The van der Waals surface area contributed by atoms with Gasteiger partial charge in [0.1, 0.15) is 0 Å². The van der Waals surface area contributed by atoms with Crippen molar-refractivity contribution in [2.45, 2.75) is 64.3 Å². The number of alkyl halides is 3. The Morgan fingerprint density at radius 1 is 0.929 bits per heavy atom. The summed E-state index contributed by atoms with van der Waals surface area (Å²) in [5, 5.41) is 3.83. The largest absolute Gasteiger partial charge is 0.452 e. The maximum Gasteiger partial charge on any atom is 0.452 e. The minimum Gasteiger partial charge on any atom is -0.379 e. The summed E-state index contributed by atoms with van der Waals surface area (Å²) in [4.78, 5) is 67.3. The molecule has 3 atom stereocenters. The fraction of sp³-hybridized carbons (Fsp3) is 0.607. The molecule has 2 fully saturated rings. The van der Waals surface area contributed by atoms with Gasteiger partial charge in [0.15, 0.2) is 11.3 Å². The van der Waals surface area contributed by atoms with Crippen LogP contribution in [0.2, 0.25) is 0 Å². The van der Waals surface area contributed by atoms with Gasteiger partial charge >= 0.3 is 6.18 Å². The van der Waals surface area contributed by atoms with E-state index in [-0.39, 0.29) is 36.4 Å². The molecule has 2 aliphatic heterocycles. The Balaban J connectivity index is 1.98. The van der Waals surface area contributed by atoms with Crippen molar-refractivity contribution >= 4 is 29.3 Å². The van der Waals surface area contributed by atoms with Crippen LogP contribution in [0.25, 0.3) is 0 Å². The number of hydrogen-bond acceptors (Lipinski definition) is 8. The van der Waals surface area contributed by atoms with Gasteiger partial charge in [-0.2, -0.15) is 13.2 Å². The smallest absolute Gasteiger partial charge is 0.379 e. The number of nitrogens with one attached hydrogen (secondary N) is 2. The number of amides is 3. The maximum absolute atomic E-state index is 14.1. The number of rotatable bonds is 10. The lowest BCUT2D eigenvalue weighted by Gasteiger charge is -2.39. The Labute approximate surface area is 242 Å². The first-order chi connectivity index (χ1) is 19.6. The van der Waals surface area contributed by atoms with E-state index in [1.165, 1.54) is 38.1 Å². The molecule has 3 amide bonds. The zero-order valence-electron chi connectivity index (χ0n) is 24.1. The molecule has 11 nitrogen and oxygen atoms in total. The van der Waals surface area contributed by atoms with E-state index >= 15 is 0 Å². The molecular formula is C28H38F3N5O6. The van der Waals surface area contributed by atoms with Gasteiger partial charge in [-0.15, -0.1) is 0 Å². The van der Waals surface area contributed by atoms with Crippen molar-refractivity contribution in [2.75, 3.05) is 32.8 Å². The SMILES string of the molecule is CC(C)C(NC(=O)[C@]1(C(=O)c2ccc(C(=O)NN3CCOCC3)cc2)CCCN1C(=O)[C@@H](N)C(C)C)C(=O)C(F)(F)F. The number of likely N-dealkylation sites (tertiary alicyclic amines) is 1. The molecule has 0 aliphatic carbocycles. The third kappa shape index (κ3) is 6.98. The summed E-state index contributed by atoms with van der Waals surface area (Å²) < 4.78 is 45.4. The van der Waals surface area contributed by atoms with Crippen molar-refractivity contribution in [1.82, 2.24) is 20.7 Å². The predicted octanol–water partition coefficient (Wildman–Crippen LogP) is 1.46. The van der Waals surface area contributed by atoms with Gasteiger partial charge in [-0.05, 0) is 36.8 Å². The van der Waals surface area contributed by atoms with E-state index in [9.17, 15) is 37.1 Å². The molecule has 4 N–H and O–H groups in total. The summed E-state index contributed by atoms with van der Waals surface area (Å²) in [6.45, 7) is 7.88. The predicted molar refractivity (Wildman–Crippen MR) is 145 cm³/mol. The third-order valence-corrected chi connectivity index (χ3v) is 7.60. The van der Waals surface area contributed by atoms with Crippen molar-refractivity contribution in [3.8, 4) is 0 Å². The molecule has 0 saturated carbocycles. The molecule has 0 spiro atoms. The number of ketones is 2. The van der Waals surface area contributed by atoms with Crippen LogP contribution in [0.15, 0.2) is 24.3 Å². The standard InChI is InChI=1S/C28H38F3N5O6/c1-16(2)20(32)25(40)36-11-5-10-27(36,26(41)33-21(17(3)4)23(38)28(29,30)31)22(37)18-6-8-19(9-7-18)24(39)34-35-12-14-42-15-13-35/h6-9,16-17,20-21H,5,10-15,32H2,1-4H3,(H,33,41)(H,34,39)/t20-,21?,27+/m0/s1. The van der Waals surface area contributed by atoms with Crippen LogP contribution in [0.1, 0.15) is 61.3 Å². The first-order valence-electron chi connectivity index (χ1n) is 13.9. The van der Waals surface area contributed by atoms with Gasteiger partial charge in [-0.1, -0.05) is 39.8 Å². The average Bonchev–Trinajstić information content (AvgIpc) is 3.40. The molecule has 1 aromatic rings. The number of carbonyl (C=O) groups excluding carboxylic acids is 5. The third-order valence-electron chi connectivity index (χ3n) is 7.60. The van der Waals surface area contributed by atoms with Gasteiger partial charge in [0, 0.05) is 30.8 Å². The van der Waals surface area contributed by atoms with Crippen LogP contribution in [0.4, 0.5) is 13.2 Å². The number of nitrogens with zero attached hydrogens (tertiary/aromatic N) is 2. The summed E-state index contributed by atoms with van der Waals surface area (Å²) in [6, 6.07) is 2.31. The van der Waals surface area contributed by atoms with Crippen LogP contribution in [-0.4, -0.2) is 95.8 Å². The Morgan fingerprint density at radius 2 is 1.50 bits per heavy atom. The maximum atomic E-state index is 14.1. The van der Waals surface area contributed by atoms with Crippen molar-refractivity contribution < 1.29 is 41.9 Å². The number of carbonyl (C=O) groups is 5. The molecule has 0 bridgehead atoms. The Hall–Kier alpha value is -3.36. The Morgan fingerprint density at radius 3 is 2.02 bits per heavy atom. The normalized spacial score (nSPS) is 21.2. The average molecular weight is 598 g/mol. The Kier molecular flexibility index (Phi) is 10.5. The molecule has 0 aromatic heterocycles. The quantitative estimate of drug-likeness (QED) is 0.271. The van der Waals surface area contributed by atoms with Gasteiger partial charge in [0.25, 0.3) is 17.6 Å². The zero-order chi connectivity index (χ0) is 31.4. The highest BCUT2D eigenvalue weighted by Gasteiger charge is 2.57.